The van der Waals surface area contributed by atoms with E-state index < -0.39 is 41.4 Å². The van der Waals surface area contributed by atoms with Crippen LogP contribution in [-0.4, -0.2) is 97.4 Å². The van der Waals surface area contributed by atoms with Gasteiger partial charge in [0, 0.05) is 31.6 Å². The lowest BCUT2D eigenvalue weighted by Crippen LogP contribution is -2.64. The molecule has 2 heterocycles. The smallest absolute Gasteiger partial charge is 0.246 e. The van der Waals surface area contributed by atoms with Gasteiger partial charge in [0.05, 0.1) is 0 Å². The molecule has 3 rings (SSSR count). The molecule has 1 saturated carbocycles. The Bertz CT molecular complexity index is 964. The van der Waals surface area contributed by atoms with Crippen LogP contribution in [0.5, 0.6) is 0 Å². The van der Waals surface area contributed by atoms with Crippen molar-refractivity contribution in [1.82, 2.24) is 36.8 Å². The number of likely N-dealkylation sites (tertiary alicyclic amines) is 1. The minimum absolute atomic E-state index is 0.114. The van der Waals surface area contributed by atoms with Crippen molar-refractivity contribution in [3.8, 4) is 0 Å². The van der Waals surface area contributed by atoms with Gasteiger partial charge in [0.15, 0.2) is 0 Å². The highest BCUT2D eigenvalue weighted by molar-refractivity contribution is 5.97. The molecule has 42 heavy (non-hydrogen) atoms. The second-order valence-electron chi connectivity index (χ2n) is 13.0. The minimum Gasteiger partial charge on any atom is -0.354 e. The third-order valence-electron chi connectivity index (χ3n) is 8.87. The maximum Gasteiger partial charge on any atom is 0.246 e. The summed E-state index contributed by atoms with van der Waals surface area (Å²) >= 11 is 0. The number of nitrogens with one attached hydrogen (secondary N) is 6. The third kappa shape index (κ3) is 9.65. The zero-order valence-electron chi connectivity index (χ0n) is 26.1. The van der Waals surface area contributed by atoms with Gasteiger partial charge < -0.3 is 36.8 Å². The van der Waals surface area contributed by atoms with Gasteiger partial charge in [-0.05, 0) is 52.1 Å². The Morgan fingerprint density at radius 1 is 0.952 bits per heavy atom. The van der Waals surface area contributed by atoms with Crippen molar-refractivity contribution < 1.29 is 24.0 Å². The Balaban J connectivity index is 1.84. The first-order valence-electron chi connectivity index (χ1n) is 15.8. The molecule has 0 spiro atoms. The zero-order chi connectivity index (χ0) is 30.9. The molecular weight excluding hydrogens is 538 g/mol. The van der Waals surface area contributed by atoms with Crippen molar-refractivity contribution in [3.05, 3.63) is 0 Å². The molecule has 0 aromatic carbocycles. The second-order valence-corrected chi connectivity index (χ2v) is 13.0. The van der Waals surface area contributed by atoms with Gasteiger partial charge in [-0.25, -0.2) is 0 Å². The Hall–Kier alpha value is -2.73. The van der Waals surface area contributed by atoms with Crippen molar-refractivity contribution in [2.45, 2.75) is 115 Å². The van der Waals surface area contributed by atoms with E-state index in [4.69, 9.17) is 0 Å². The lowest BCUT2D eigenvalue weighted by molar-refractivity contribution is -0.138. The van der Waals surface area contributed by atoms with E-state index in [1.165, 1.54) is 6.42 Å². The van der Waals surface area contributed by atoms with Gasteiger partial charge >= 0.3 is 0 Å². The molecule has 0 radical (unpaired) electrons. The van der Waals surface area contributed by atoms with Crippen LogP contribution in [0.4, 0.5) is 0 Å². The number of rotatable bonds is 9. The van der Waals surface area contributed by atoms with Crippen LogP contribution in [0.3, 0.4) is 0 Å². The summed E-state index contributed by atoms with van der Waals surface area (Å²) < 4.78 is 0. The SMILES string of the molecule is CC[C@@H]1NC(=O)[C@H](CCNC2CN(C)C2)NC(=O)[C@](C)(NC(=O)C(C)C)CCNC(=O)[C@@H](CC2CCCCC2)NC1=O. The Labute approximate surface area is 250 Å². The van der Waals surface area contributed by atoms with Gasteiger partial charge in [0.2, 0.25) is 29.5 Å². The van der Waals surface area contributed by atoms with Crippen molar-refractivity contribution in [2.75, 3.05) is 33.2 Å². The van der Waals surface area contributed by atoms with Crippen LogP contribution in [0, 0.1) is 11.8 Å². The van der Waals surface area contributed by atoms with E-state index in [1.54, 1.807) is 27.7 Å². The number of carbonyl (C=O) groups excluding carboxylic acids is 5. The summed E-state index contributed by atoms with van der Waals surface area (Å²) in [7, 11) is 2.04. The summed E-state index contributed by atoms with van der Waals surface area (Å²) in [5.74, 6) is -2.04. The topological polar surface area (TPSA) is 161 Å². The monoisotopic (exact) mass is 591 g/mol. The molecule has 3 fully saturated rings. The Morgan fingerprint density at radius 2 is 1.60 bits per heavy atom. The van der Waals surface area contributed by atoms with E-state index in [9.17, 15) is 24.0 Å². The first-order valence-corrected chi connectivity index (χ1v) is 15.8. The molecule has 12 nitrogen and oxygen atoms in total. The van der Waals surface area contributed by atoms with Crippen molar-refractivity contribution in [2.24, 2.45) is 11.8 Å². The number of nitrogens with zero attached hydrogens (tertiary/aromatic N) is 1. The molecule has 0 bridgehead atoms. The largest absolute Gasteiger partial charge is 0.354 e. The molecule has 3 aliphatic rings. The summed E-state index contributed by atoms with van der Waals surface area (Å²) in [5, 5.41) is 17.8. The molecule has 2 aliphatic heterocycles. The number of hydrogen-bond acceptors (Lipinski definition) is 7. The van der Waals surface area contributed by atoms with Gasteiger partial charge in [-0.3, -0.25) is 24.0 Å². The first kappa shape index (κ1) is 33.8. The lowest BCUT2D eigenvalue weighted by atomic mass is 9.84. The van der Waals surface area contributed by atoms with Crippen molar-refractivity contribution in [3.63, 3.8) is 0 Å². The van der Waals surface area contributed by atoms with Gasteiger partial charge in [-0.15, -0.1) is 0 Å². The fourth-order valence-electron chi connectivity index (χ4n) is 5.94. The molecule has 0 unspecified atom stereocenters. The van der Waals surface area contributed by atoms with E-state index in [1.807, 2.05) is 7.05 Å². The van der Waals surface area contributed by atoms with Crippen LogP contribution < -0.4 is 31.9 Å². The maximum absolute atomic E-state index is 13.7. The molecule has 0 aromatic rings. The average molecular weight is 592 g/mol. The van der Waals surface area contributed by atoms with E-state index in [0.717, 1.165) is 38.8 Å². The van der Waals surface area contributed by atoms with Crippen LogP contribution >= 0.6 is 0 Å². The maximum atomic E-state index is 13.7. The van der Waals surface area contributed by atoms with Crippen LogP contribution in [0.25, 0.3) is 0 Å². The Morgan fingerprint density at radius 3 is 2.21 bits per heavy atom. The second kappa shape index (κ2) is 15.7. The predicted octanol–water partition coefficient (Wildman–Crippen LogP) is 0.166. The summed E-state index contributed by atoms with van der Waals surface area (Å²) in [6, 6.07) is -2.21. The quantitative estimate of drug-likeness (QED) is 0.223. The molecule has 12 heteroatoms. The summed E-state index contributed by atoms with van der Waals surface area (Å²) in [6.07, 6.45) is 6.70. The van der Waals surface area contributed by atoms with E-state index in [2.05, 4.69) is 36.8 Å². The van der Waals surface area contributed by atoms with Crippen molar-refractivity contribution in [1.29, 1.82) is 0 Å². The van der Waals surface area contributed by atoms with Crippen LogP contribution in [-0.2, 0) is 24.0 Å². The summed E-state index contributed by atoms with van der Waals surface area (Å²) in [5.41, 5.74) is -1.37. The van der Waals surface area contributed by atoms with Gasteiger partial charge in [0.1, 0.15) is 23.7 Å². The summed E-state index contributed by atoms with van der Waals surface area (Å²) in [4.78, 5) is 68.9. The van der Waals surface area contributed by atoms with Crippen molar-refractivity contribution >= 4 is 29.5 Å². The third-order valence-corrected chi connectivity index (χ3v) is 8.87. The number of carbonyl (C=O) groups is 5. The standard InChI is InChI=1S/C30H53N7O5/c1-6-22-27(40)34-24(16-20-10-8-7-9-11-20)26(39)32-15-13-30(4,36-25(38)19(2)3)29(42)35-23(28(41)33-22)12-14-31-21-17-37(5)18-21/h19-24,31H,6-18H2,1-5H3,(H,32,39)(H,33,41)(H,34,40)(H,35,42)(H,36,38)/t22-,23-,24+,30+/m0/s1. The lowest BCUT2D eigenvalue weighted by Gasteiger charge is -2.37. The molecule has 4 atom stereocenters. The van der Waals surface area contributed by atoms with Crippen LogP contribution in [0.1, 0.15) is 85.5 Å². The van der Waals surface area contributed by atoms with Gasteiger partial charge in [-0.2, -0.15) is 0 Å². The summed E-state index contributed by atoms with van der Waals surface area (Å²) in [6.45, 7) is 9.33. The number of likely N-dealkylation sites (N-methyl/N-ethyl adjacent to an activating group) is 1. The molecule has 238 valence electrons. The normalized spacial score (nSPS) is 29.5. The number of amides is 5. The number of hydrogen-bond donors (Lipinski definition) is 6. The molecule has 2 saturated heterocycles. The predicted molar refractivity (Wildman–Crippen MR) is 160 cm³/mol. The van der Waals surface area contributed by atoms with Gasteiger partial charge in [-0.1, -0.05) is 52.9 Å². The van der Waals surface area contributed by atoms with E-state index in [-0.39, 0.29) is 30.7 Å². The van der Waals surface area contributed by atoms with Gasteiger partial charge in [0.25, 0.3) is 0 Å². The highest BCUT2D eigenvalue weighted by atomic mass is 16.2. The minimum atomic E-state index is -1.37. The van der Waals surface area contributed by atoms with E-state index >= 15 is 0 Å². The molecule has 0 aromatic heterocycles. The fraction of sp³-hybridized carbons (Fsp3) is 0.833. The van der Waals surface area contributed by atoms with Crippen LogP contribution in [0.2, 0.25) is 0 Å². The highest BCUT2D eigenvalue weighted by Crippen LogP contribution is 2.27. The Kier molecular flexibility index (Phi) is 12.6. The fourth-order valence-corrected chi connectivity index (χ4v) is 5.94. The molecular formula is C30H53N7O5. The molecule has 1 aliphatic carbocycles. The molecule has 6 N–H and O–H groups in total. The molecule has 5 amide bonds. The highest BCUT2D eigenvalue weighted by Gasteiger charge is 2.39. The average Bonchev–Trinajstić information content (AvgIpc) is 2.93. The van der Waals surface area contributed by atoms with Crippen LogP contribution in [0.15, 0.2) is 0 Å². The zero-order valence-corrected chi connectivity index (χ0v) is 26.1. The first-order chi connectivity index (χ1) is 19.9. The van der Waals surface area contributed by atoms with E-state index in [0.29, 0.717) is 37.8 Å².